The molecule has 0 spiro atoms. The van der Waals surface area contributed by atoms with Crippen LogP contribution in [0.1, 0.15) is 23.7 Å². The maximum absolute atomic E-state index is 10.8. The second-order valence-electron chi connectivity index (χ2n) is 3.35. The van der Waals surface area contributed by atoms with Crippen LogP contribution in [-0.2, 0) is 11.3 Å². The summed E-state index contributed by atoms with van der Waals surface area (Å²) >= 11 is 5.17. The average molecular weight is 210 g/mol. The molecule has 0 aromatic carbocycles. The minimum atomic E-state index is -0.0422. The highest BCUT2D eigenvalue weighted by Gasteiger charge is 2.02. The van der Waals surface area contributed by atoms with Crippen molar-refractivity contribution in [1.82, 2.24) is 10.3 Å². The molecule has 0 bridgehead atoms. The van der Waals surface area contributed by atoms with Crippen LogP contribution >= 0.6 is 12.2 Å². The van der Waals surface area contributed by atoms with E-state index in [1.165, 1.54) is 6.92 Å². The molecule has 1 rings (SSSR count). The van der Waals surface area contributed by atoms with Crippen molar-refractivity contribution >= 4 is 18.1 Å². The maximum atomic E-state index is 10.8. The highest BCUT2D eigenvalue weighted by atomic mass is 32.1. The predicted octanol–water partition coefficient (Wildman–Crippen LogP) is 2.00. The minimum Gasteiger partial charge on any atom is -0.352 e. The van der Waals surface area contributed by atoms with Crippen LogP contribution in [0.3, 0.4) is 0 Å². The van der Waals surface area contributed by atoms with Gasteiger partial charge in [-0.05, 0) is 25.5 Å². The van der Waals surface area contributed by atoms with Crippen LogP contribution in [0.4, 0.5) is 0 Å². The van der Waals surface area contributed by atoms with Crippen molar-refractivity contribution in [1.29, 1.82) is 0 Å². The van der Waals surface area contributed by atoms with Gasteiger partial charge < -0.3 is 10.3 Å². The van der Waals surface area contributed by atoms with Gasteiger partial charge in [-0.2, -0.15) is 0 Å². The Labute approximate surface area is 88.5 Å². The lowest BCUT2D eigenvalue weighted by Crippen LogP contribution is -2.20. The summed E-state index contributed by atoms with van der Waals surface area (Å²) in [4.78, 5) is 13.8. The molecule has 0 aliphatic carbocycles. The molecule has 0 unspecified atom stereocenters. The summed E-state index contributed by atoms with van der Waals surface area (Å²) in [6.45, 7) is 5.95. The molecule has 0 fully saturated rings. The number of hydrogen-bond acceptors (Lipinski definition) is 2. The number of amides is 1. The summed E-state index contributed by atoms with van der Waals surface area (Å²) in [5.41, 5.74) is 3.14. The molecule has 1 aromatic heterocycles. The number of carbonyl (C=O) groups is 1. The summed E-state index contributed by atoms with van der Waals surface area (Å²) in [6, 6.07) is 2.02. The SMILES string of the molecule is CC(=O)NCc1c(C)cc(C)[nH]c1=S. The smallest absolute Gasteiger partial charge is 0.217 e. The van der Waals surface area contributed by atoms with E-state index in [-0.39, 0.29) is 5.91 Å². The van der Waals surface area contributed by atoms with E-state index < -0.39 is 0 Å². The van der Waals surface area contributed by atoms with Crippen LogP contribution in [0.25, 0.3) is 0 Å². The normalized spacial score (nSPS) is 9.93. The van der Waals surface area contributed by atoms with Gasteiger partial charge in [0, 0.05) is 24.7 Å². The number of carbonyl (C=O) groups excluding carboxylic acids is 1. The average Bonchev–Trinajstić information content (AvgIpc) is 2.01. The third-order valence-electron chi connectivity index (χ3n) is 2.01. The number of rotatable bonds is 2. The number of aryl methyl sites for hydroxylation is 2. The third-order valence-corrected chi connectivity index (χ3v) is 2.36. The summed E-state index contributed by atoms with van der Waals surface area (Å²) in [7, 11) is 0. The van der Waals surface area contributed by atoms with Crippen molar-refractivity contribution in [2.45, 2.75) is 27.3 Å². The van der Waals surface area contributed by atoms with Gasteiger partial charge in [0.05, 0.1) is 0 Å². The van der Waals surface area contributed by atoms with Gasteiger partial charge in [0.1, 0.15) is 4.64 Å². The summed E-state index contributed by atoms with van der Waals surface area (Å²) in [5.74, 6) is -0.0422. The zero-order chi connectivity index (χ0) is 10.7. The largest absolute Gasteiger partial charge is 0.352 e. The second-order valence-corrected chi connectivity index (χ2v) is 3.76. The Morgan fingerprint density at radius 1 is 1.57 bits per heavy atom. The van der Waals surface area contributed by atoms with Crippen LogP contribution < -0.4 is 5.32 Å². The van der Waals surface area contributed by atoms with E-state index in [1.807, 2.05) is 19.9 Å². The molecule has 0 radical (unpaired) electrons. The standard InChI is InChI=1S/C10H14N2OS/c1-6-4-7(2)12-10(14)9(6)5-11-8(3)13/h4H,5H2,1-3H3,(H,11,13)(H,12,14). The van der Waals surface area contributed by atoms with Gasteiger partial charge in [0.25, 0.3) is 0 Å². The zero-order valence-electron chi connectivity index (χ0n) is 8.60. The molecule has 14 heavy (non-hydrogen) atoms. The van der Waals surface area contributed by atoms with Gasteiger partial charge in [-0.3, -0.25) is 4.79 Å². The molecule has 0 aliphatic rings. The van der Waals surface area contributed by atoms with E-state index in [4.69, 9.17) is 12.2 Å². The Bertz CT molecular complexity index is 409. The first-order valence-electron chi connectivity index (χ1n) is 4.44. The fourth-order valence-corrected chi connectivity index (χ4v) is 1.71. The van der Waals surface area contributed by atoms with E-state index in [9.17, 15) is 4.79 Å². The van der Waals surface area contributed by atoms with Crippen molar-refractivity contribution in [3.63, 3.8) is 0 Å². The Balaban J connectivity index is 2.97. The number of aromatic amines is 1. The maximum Gasteiger partial charge on any atom is 0.217 e. The minimum absolute atomic E-state index is 0.0422. The van der Waals surface area contributed by atoms with Crippen molar-refractivity contribution in [3.05, 3.63) is 27.5 Å². The summed E-state index contributed by atoms with van der Waals surface area (Å²) in [6.07, 6.45) is 0. The van der Waals surface area contributed by atoms with E-state index in [0.717, 1.165) is 16.8 Å². The van der Waals surface area contributed by atoms with Crippen LogP contribution in [0.5, 0.6) is 0 Å². The number of nitrogens with one attached hydrogen (secondary N) is 2. The lowest BCUT2D eigenvalue weighted by atomic mass is 10.1. The molecule has 4 heteroatoms. The molecule has 2 N–H and O–H groups in total. The second kappa shape index (κ2) is 4.37. The van der Waals surface area contributed by atoms with E-state index in [0.29, 0.717) is 11.2 Å². The zero-order valence-corrected chi connectivity index (χ0v) is 9.42. The van der Waals surface area contributed by atoms with Crippen LogP contribution in [-0.4, -0.2) is 10.9 Å². The third kappa shape index (κ3) is 2.67. The molecule has 76 valence electrons. The van der Waals surface area contributed by atoms with Crippen molar-refractivity contribution in [2.75, 3.05) is 0 Å². The lowest BCUT2D eigenvalue weighted by molar-refractivity contribution is -0.119. The summed E-state index contributed by atoms with van der Waals surface area (Å²) < 4.78 is 0.705. The van der Waals surface area contributed by atoms with Crippen LogP contribution in [0.2, 0.25) is 0 Å². The molecule has 1 aromatic rings. The first-order valence-corrected chi connectivity index (χ1v) is 4.85. The van der Waals surface area contributed by atoms with Gasteiger partial charge in [-0.1, -0.05) is 12.2 Å². The van der Waals surface area contributed by atoms with Gasteiger partial charge >= 0.3 is 0 Å². The number of pyridine rings is 1. The van der Waals surface area contributed by atoms with E-state index in [1.54, 1.807) is 0 Å². The van der Waals surface area contributed by atoms with Crippen molar-refractivity contribution < 1.29 is 4.79 Å². The molecule has 0 atom stereocenters. The van der Waals surface area contributed by atoms with E-state index >= 15 is 0 Å². The van der Waals surface area contributed by atoms with Crippen molar-refractivity contribution in [2.24, 2.45) is 0 Å². The Morgan fingerprint density at radius 3 is 2.71 bits per heavy atom. The topological polar surface area (TPSA) is 44.9 Å². The molecule has 1 heterocycles. The van der Waals surface area contributed by atoms with Gasteiger partial charge in [-0.25, -0.2) is 0 Å². The van der Waals surface area contributed by atoms with Crippen LogP contribution in [0.15, 0.2) is 6.07 Å². The number of aromatic nitrogens is 1. The van der Waals surface area contributed by atoms with Gasteiger partial charge in [0.2, 0.25) is 5.91 Å². The Hall–Kier alpha value is -1.16. The fourth-order valence-electron chi connectivity index (χ4n) is 1.31. The van der Waals surface area contributed by atoms with Gasteiger partial charge in [0.15, 0.2) is 0 Å². The van der Waals surface area contributed by atoms with Crippen LogP contribution in [0, 0.1) is 18.5 Å². The van der Waals surface area contributed by atoms with Crippen molar-refractivity contribution in [3.8, 4) is 0 Å². The summed E-state index contributed by atoms with van der Waals surface area (Å²) in [5, 5.41) is 2.74. The number of hydrogen-bond donors (Lipinski definition) is 2. The molecular weight excluding hydrogens is 196 g/mol. The molecule has 1 amide bonds. The Kier molecular flexibility index (Phi) is 3.41. The predicted molar refractivity (Wildman–Crippen MR) is 58.6 cm³/mol. The monoisotopic (exact) mass is 210 g/mol. The Morgan fingerprint density at radius 2 is 2.21 bits per heavy atom. The van der Waals surface area contributed by atoms with E-state index in [2.05, 4.69) is 10.3 Å². The van der Waals surface area contributed by atoms with Gasteiger partial charge in [-0.15, -0.1) is 0 Å². The molecule has 0 saturated carbocycles. The molecule has 0 saturated heterocycles. The highest BCUT2D eigenvalue weighted by molar-refractivity contribution is 7.71. The lowest BCUT2D eigenvalue weighted by Gasteiger charge is -2.07. The quantitative estimate of drug-likeness (QED) is 0.733. The molecular formula is C10H14N2OS. The highest BCUT2D eigenvalue weighted by Crippen LogP contribution is 2.09. The molecule has 0 aliphatic heterocycles. The first-order chi connectivity index (χ1) is 6.50. The fraction of sp³-hybridized carbons (Fsp3) is 0.400. The first kappa shape index (κ1) is 10.9. The number of H-pyrrole nitrogens is 1. The molecule has 3 nitrogen and oxygen atoms in total.